The summed E-state index contributed by atoms with van der Waals surface area (Å²) in [4.78, 5) is 20.4. The number of hydrogen-bond donors (Lipinski definition) is 2. The van der Waals surface area contributed by atoms with E-state index in [1.165, 1.54) is 6.07 Å². The summed E-state index contributed by atoms with van der Waals surface area (Å²) in [6.45, 7) is 3.03. The van der Waals surface area contributed by atoms with Crippen LogP contribution in [0.2, 0.25) is 0 Å². The fourth-order valence-corrected chi connectivity index (χ4v) is 2.30. The molecule has 0 fully saturated rings. The lowest BCUT2D eigenvalue weighted by molar-refractivity contribution is 0.0945. The second-order valence-electron chi connectivity index (χ2n) is 5.13. The summed E-state index contributed by atoms with van der Waals surface area (Å²) in [7, 11) is 0. The molecule has 0 saturated carbocycles. The topological polar surface area (TPSA) is 106 Å². The van der Waals surface area contributed by atoms with Crippen LogP contribution in [0.25, 0.3) is 0 Å². The summed E-state index contributed by atoms with van der Waals surface area (Å²) in [6.07, 6.45) is 1.15. The zero-order valence-corrected chi connectivity index (χ0v) is 13.0. The van der Waals surface area contributed by atoms with Gasteiger partial charge in [-0.15, -0.1) is 0 Å². The molecular formula is C16H16N4O4. The number of benzene rings is 1. The van der Waals surface area contributed by atoms with Crippen molar-refractivity contribution in [3.05, 3.63) is 47.0 Å². The number of aryl methyl sites for hydroxylation is 1. The molecule has 124 valence electrons. The first-order chi connectivity index (χ1) is 11.7. The summed E-state index contributed by atoms with van der Waals surface area (Å²) >= 11 is 0. The molecule has 8 nitrogen and oxygen atoms in total. The van der Waals surface area contributed by atoms with Gasteiger partial charge in [-0.2, -0.15) is 0 Å². The smallest absolute Gasteiger partial charge is 0.270 e. The first kappa shape index (κ1) is 15.7. The number of ether oxygens (including phenoxy) is 2. The monoisotopic (exact) mass is 328 g/mol. The molecule has 0 radical (unpaired) electrons. The van der Waals surface area contributed by atoms with Gasteiger partial charge in [-0.1, -0.05) is 11.2 Å². The maximum Gasteiger partial charge on any atom is 0.270 e. The van der Waals surface area contributed by atoms with Gasteiger partial charge in [0.2, 0.25) is 0 Å². The maximum absolute atomic E-state index is 12.3. The molecule has 0 unspecified atom stereocenters. The van der Waals surface area contributed by atoms with Crippen LogP contribution in [0, 0.1) is 6.92 Å². The molecule has 24 heavy (non-hydrogen) atoms. The number of fused-ring (bicyclic) bond motifs is 1. The van der Waals surface area contributed by atoms with Gasteiger partial charge in [-0.25, -0.2) is 9.97 Å². The van der Waals surface area contributed by atoms with Crippen molar-refractivity contribution >= 4 is 12.1 Å². The van der Waals surface area contributed by atoms with Gasteiger partial charge in [0.05, 0.1) is 11.9 Å². The minimum absolute atomic E-state index is 0.204. The molecular weight excluding hydrogens is 312 g/mol. The lowest BCUT2D eigenvalue weighted by Crippen LogP contribution is -2.24. The molecule has 0 aliphatic carbocycles. The Morgan fingerprint density at radius 3 is 2.88 bits per heavy atom. The lowest BCUT2D eigenvalue weighted by atomic mass is 10.2. The predicted molar refractivity (Wildman–Crippen MR) is 84.8 cm³/mol. The van der Waals surface area contributed by atoms with Gasteiger partial charge in [-0.3, -0.25) is 4.79 Å². The van der Waals surface area contributed by atoms with Crippen LogP contribution in [0.5, 0.6) is 11.5 Å². The summed E-state index contributed by atoms with van der Waals surface area (Å²) in [5.74, 6) is 1.45. The molecule has 2 aromatic rings. The molecule has 2 N–H and O–H groups in total. The Hall–Kier alpha value is -3.16. The summed E-state index contributed by atoms with van der Waals surface area (Å²) in [5, 5.41) is 14.3. The zero-order chi connectivity index (χ0) is 16.9. The van der Waals surface area contributed by atoms with Crippen molar-refractivity contribution in [2.45, 2.75) is 13.5 Å². The summed E-state index contributed by atoms with van der Waals surface area (Å²) in [5.41, 5.74) is 1.44. The molecule has 1 aromatic heterocycles. The average molecular weight is 328 g/mol. The number of oxime groups is 1. The van der Waals surface area contributed by atoms with Gasteiger partial charge in [0, 0.05) is 6.54 Å². The number of nitrogens with zero attached hydrogens (tertiary/aromatic N) is 3. The molecule has 1 aliphatic heterocycles. The first-order valence-corrected chi connectivity index (χ1v) is 7.35. The van der Waals surface area contributed by atoms with Crippen molar-refractivity contribution in [1.29, 1.82) is 0 Å². The Morgan fingerprint density at radius 2 is 2.08 bits per heavy atom. The van der Waals surface area contributed by atoms with Gasteiger partial charge < -0.3 is 20.0 Å². The second kappa shape index (κ2) is 6.95. The number of nitrogens with one attached hydrogen (secondary N) is 1. The van der Waals surface area contributed by atoms with Crippen LogP contribution >= 0.6 is 0 Å². The SMILES string of the molecule is Cc1nc(/C=N\O)cc(C(=O)NCc2ccc3c(c2)OCCO3)n1. The highest BCUT2D eigenvalue weighted by Gasteiger charge is 2.13. The van der Waals surface area contributed by atoms with Crippen LogP contribution in [0.15, 0.2) is 29.4 Å². The van der Waals surface area contributed by atoms with Crippen LogP contribution < -0.4 is 14.8 Å². The molecule has 1 aromatic carbocycles. The number of carbonyl (C=O) groups excluding carboxylic acids is 1. The van der Waals surface area contributed by atoms with Crippen molar-refractivity contribution < 1.29 is 19.5 Å². The maximum atomic E-state index is 12.3. The molecule has 8 heteroatoms. The number of amides is 1. The number of rotatable bonds is 4. The molecule has 1 amide bonds. The molecule has 3 rings (SSSR count). The molecule has 0 bridgehead atoms. The summed E-state index contributed by atoms with van der Waals surface area (Å²) < 4.78 is 11.0. The standard InChI is InChI=1S/C16H16N4O4/c1-10-19-12(9-18-22)7-13(20-10)16(21)17-8-11-2-3-14-15(6-11)24-5-4-23-14/h2-3,6-7,9,22H,4-5,8H2,1H3,(H,17,21)/b18-9-. The largest absolute Gasteiger partial charge is 0.486 e. The van der Waals surface area contributed by atoms with Crippen LogP contribution in [0.3, 0.4) is 0 Å². The molecule has 0 spiro atoms. The minimum atomic E-state index is -0.344. The van der Waals surface area contributed by atoms with Crippen molar-refractivity contribution in [1.82, 2.24) is 15.3 Å². The third kappa shape index (κ3) is 3.60. The molecule has 2 heterocycles. The highest BCUT2D eigenvalue weighted by atomic mass is 16.6. The fraction of sp³-hybridized carbons (Fsp3) is 0.250. The van der Waals surface area contributed by atoms with Gasteiger partial charge in [0.1, 0.15) is 24.7 Å². The van der Waals surface area contributed by atoms with E-state index >= 15 is 0 Å². The van der Waals surface area contributed by atoms with E-state index < -0.39 is 0 Å². The molecule has 1 aliphatic rings. The van der Waals surface area contributed by atoms with E-state index in [-0.39, 0.29) is 11.6 Å². The Bertz CT molecular complexity index is 792. The average Bonchev–Trinajstić information content (AvgIpc) is 2.59. The van der Waals surface area contributed by atoms with Gasteiger partial charge in [-0.05, 0) is 30.7 Å². The van der Waals surface area contributed by atoms with Crippen LogP contribution in [0.1, 0.15) is 27.6 Å². The highest BCUT2D eigenvalue weighted by molar-refractivity contribution is 5.93. The quantitative estimate of drug-likeness (QED) is 0.498. The van der Waals surface area contributed by atoms with Crippen molar-refractivity contribution in [2.75, 3.05) is 13.2 Å². The van der Waals surface area contributed by atoms with Gasteiger partial charge >= 0.3 is 0 Å². The third-order valence-electron chi connectivity index (χ3n) is 3.34. The molecule has 0 saturated heterocycles. The second-order valence-corrected chi connectivity index (χ2v) is 5.13. The number of carbonyl (C=O) groups is 1. The van der Waals surface area contributed by atoms with E-state index in [9.17, 15) is 4.79 Å². The van der Waals surface area contributed by atoms with Crippen molar-refractivity contribution in [3.63, 3.8) is 0 Å². The Balaban J connectivity index is 1.69. The van der Waals surface area contributed by atoms with E-state index in [0.717, 1.165) is 11.8 Å². The van der Waals surface area contributed by atoms with Crippen molar-refractivity contribution in [2.24, 2.45) is 5.16 Å². The molecule has 0 atom stereocenters. The number of hydrogen-bond acceptors (Lipinski definition) is 7. The van der Waals surface area contributed by atoms with Crippen LogP contribution in [0.4, 0.5) is 0 Å². The van der Waals surface area contributed by atoms with E-state index in [4.69, 9.17) is 14.7 Å². The predicted octanol–water partition coefficient (Wildman–Crippen LogP) is 1.29. The Kier molecular flexibility index (Phi) is 4.55. The van der Waals surface area contributed by atoms with E-state index in [1.807, 2.05) is 18.2 Å². The first-order valence-electron chi connectivity index (χ1n) is 7.35. The minimum Gasteiger partial charge on any atom is -0.486 e. The highest BCUT2D eigenvalue weighted by Crippen LogP contribution is 2.30. The fourth-order valence-electron chi connectivity index (χ4n) is 2.30. The Morgan fingerprint density at radius 1 is 1.29 bits per heavy atom. The van der Waals surface area contributed by atoms with E-state index in [0.29, 0.717) is 42.8 Å². The third-order valence-corrected chi connectivity index (χ3v) is 3.34. The van der Waals surface area contributed by atoms with E-state index in [2.05, 4.69) is 20.4 Å². The normalized spacial score (nSPS) is 13.0. The number of aromatic nitrogens is 2. The van der Waals surface area contributed by atoms with Gasteiger partial charge in [0.25, 0.3) is 5.91 Å². The lowest BCUT2D eigenvalue weighted by Gasteiger charge is -2.18. The van der Waals surface area contributed by atoms with Gasteiger partial charge in [0.15, 0.2) is 11.5 Å². The van der Waals surface area contributed by atoms with Crippen molar-refractivity contribution in [3.8, 4) is 11.5 Å². The Labute approximate surface area is 138 Å². The van der Waals surface area contributed by atoms with Crippen LogP contribution in [-0.2, 0) is 6.54 Å². The summed E-state index contributed by atoms with van der Waals surface area (Å²) in [6, 6.07) is 6.97. The van der Waals surface area contributed by atoms with E-state index in [1.54, 1.807) is 6.92 Å². The van der Waals surface area contributed by atoms with Crippen LogP contribution in [-0.4, -0.2) is 40.5 Å². The zero-order valence-electron chi connectivity index (χ0n) is 13.0.